The van der Waals surface area contributed by atoms with Gasteiger partial charge in [0.15, 0.2) is 0 Å². The summed E-state index contributed by atoms with van der Waals surface area (Å²) in [5.41, 5.74) is 0.798. The van der Waals surface area contributed by atoms with Crippen LogP contribution in [-0.4, -0.2) is 76.1 Å². The molecule has 2 aliphatic heterocycles. The van der Waals surface area contributed by atoms with E-state index in [1.165, 1.54) is 4.90 Å². The Bertz CT molecular complexity index is 759. The van der Waals surface area contributed by atoms with E-state index in [9.17, 15) is 19.5 Å². The van der Waals surface area contributed by atoms with Crippen LogP contribution in [-0.2, 0) is 9.59 Å². The molecule has 2 fully saturated rings. The quantitative estimate of drug-likeness (QED) is 0.545. The van der Waals surface area contributed by atoms with Gasteiger partial charge in [-0.25, -0.2) is 9.78 Å². The van der Waals surface area contributed by atoms with Crippen LogP contribution < -0.4 is 10.1 Å². The predicted molar refractivity (Wildman–Crippen MR) is 105 cm³/mol. The van der Waals surface area contributed by atoms with Gasteiger partial charge in [-0.3, -0.25) is 19.8 Å². The molecule has 2 saturated heterocycles. The zero-order chi connectivity index (χ0) is 21.0. The van der Waals surface area contributed by atoms with Gasteiger partial charge in [0, 0.05) is 50.4 Å². The molecule has 0 aromatic carbocycles. The van der Waals surface area contributed by atoms with E-state index in [2.05, 4.69) is 15.2 Å². The number of rotatable bonds is 6. The molecule has 0 saturated carbocycles. The molecule has 9 heteroatoms. The fraction of sp³-hybridized carbons (Fsp3) is 0.600. The minimum absolute atomic E-state index is 0.156. The van der Waals surface area contributed by atoms with Gasteiger partial charge in [-0.05, 0) is 38.3 Å². The van der Waals surface area contributed by atoms with E-state index in [1.54, 1.807) is 18.3 Å². The van der Waals surface area contributed by atoms with Crippen molar-refractivity contribution in [2.24, 2.45) is 0 Å². The number of carbonyl (C=O) groups excluding carboxylic acids is 2. The summed E-state index contributed by atoms with van der Waals surface area (Å²) < 4.78 is 5.77. The fourth-order valence-corrected chi connectivity index (χ4v) is 4.11. The molecule has 2 N–H and O–H groups in total. The Kier molecular flexibility index (Phi) is 6.68. The van der Waals surface area contributed by atoms with Crippen LogP contribution in [0.15, 0.2) is 18.3 Å². The first kappa shape index (κ1) is 21.0. The highest BCUT2D eigenvalue weighted by atomic mass is 16.5. The lowest BCUT2D eigenvalue weighted by Crippen LogP contribution is -2.58. The summed E-state index contributed by atoms with van der Waals surface area (Å²) in [6, 6.07) is 3.85. The summed E-state index contributed by atoms with van der Waals surface area (Å²) in [7, 11) is 0. The van der Waals surface area contributed by atoms with Crippen molar-refractivity contribution in [2.45, 2.75) is 51.1 Å². The number of ether oxygens (including phenoxy) is 1. The molecule has 0 radical (unpaired) electrons. The van der Waals surface area contributed by atoms with E-state index in [1.807, 2.05) is 13.8 Å². The van der Waals surface area contributed by atoms with Crippen LogP contribution >= 0.6 is 0 Å². The van der Waals surface area contributed by atoms with Crippen molar-refractivity contribution in [3.8, 4) is 5.88 Å². The Hall–Kier alpha value is -2.68. The maximum absolute atomic E-state index is 12.0. The van der Waals surface area contributed by atoms with Crippen LogP contribution in [0.25, 0.3) is 0 Å². The number of pyridine rings is 1. The van der Waals surface area contributed by atoms with Gasteiger partial charge in [0.25, 0.3) is 0 Å². The molecule has 158 valence electrons. The second-order valence-corrected chi connectivity index (χ2v) is 7.76. The number of carbonyl (C=O) groups is 3. The zero-order valence-electron chi connectivity index (χ0n) is 16.8. The molecule has 1 aromatic rings. The zero-order valence-corrected chi connectivity index (χ0v) is 16.8. The third-order valence-electron chi connectivity index (χ3n) is 5.58. The molecule has 29 heavy (non-hydrogen) atoms. The first-order chi connectivity index (χ1) is 13.8. The van der Waals surface area contributed by atoms with Crippen LogP contribution in [0, 0.1) is 0 Å². The van der Waals surface area contributed by atoms with Gasteiger partial charge in [-0.1, -0.05) is 0 Å². The molecule has 1 aromatic heterocycles. The van der Waals surface area contributed by atoms with Gasteiger partial charge < -0.3 is 14.7 Å². The standard InChI is InChI=1S/C20H28N4O5/c1-13-11-23(20(27)28)12-14(2)24(13)8-3-9-29-18-10-15(6-7-21-18)16-4-5-17(25)22-19(16)26/h6-7,10,13-14,16H,3-5,8-9,11-12H2,1-2H3,(H,27,28)(H,22,25,26). The van der Waals surface area contributed by atoms with Crippen molar-refractivity contribution in [3.63, 3.8) is 0 Å². The third-order valence-corrected chi connectivity index (χ3v) is 5.58. The van der Waals surface area contributed by atoms with Crippen molar-refractivity contribution in [1.82, 2.24) is 20.1 Å². The Labute approximate surface area is 170 Å². The van der Waals surface area contributed by atoms with Crippen LogP contribution in [0.1, 0.15) is 44.6 Å². The highest BCUT2D eigenvalue weighted by molar-refractivity contribution is 6.00. The molecule has 3 amide bonds. The van der Waals surface area contributed by atoms with Gasteiger partial charge in [0.2, 0.25) is 17.7 Å². The Morgan fingerprint density at radius 1 is 1.31 bits per heavy atom. The number of carboxylic acid groups (broad SMARTS) is 1. The van der Waals surface area contributed by atoms with E-state index in [-0.39, 0.29) is 29.8 Å². The maximum atomic E-state index is 12.0. The van der Waals surface area contributed by atoms with Crippen molar-refractivity contribution in [2.75, 3.05) is 26.2 Å². The largest absolute Gasteiger partial charge is 0.478 e. The predicted octanol–water partition coefficient (Wildman–Crippen LogP) is 1.44. The second kappa shape index (κ2) is 9.21. The Morgan fingerprint density at radius 2 is 2.03 bits per heavy atom. The van der Waals surface area contributed by atoms with Crippen molar-refractivity contribution < 1.29 is 24.2 Å². The summed E-state index contributed by atoms with van der Waals surface area (Å²) >= 11 is 0. The van der Waals surface area contributed by atoms with E-state index in [0.29, 0.717) is 38.4 Å². The number of nitrogens with zero attached hydrogens (tertiary/aromatic N) is 3. The van der Waals surface area contributed by atoms with Crippen molar-refractivity contribution in [3.05, 3.63) is 23.9 Å². The number of piperazine rings is 1. The molecule has 3 heterocycles. The van der Waals surface area contributed by atoms with E-state index in [0.717, 1.165) is 18.5 Å². The lowest BCUT2D eigenvalue weighted by Gasteiger charge is -2.43. The van der Waals surface area contributed by atoms with Crippen LogP contribution in [0.3, 0.4) is 0 Å². The second-order valence-electron chi connectivity index (χ2n) is 7.76. The van der Waals surface area contributed by atoms with Gasteiger partial charge in [0.1, 0.15) is 0 Å². The summed E-state index contributed by atoms with van der Waals surface area (Å²) in [5.74, 6) is -0.402. The van der Waals surface area contributed by atoms with E-state index in [4.69, 9.17) is 4.74 Å². The summed E-state index contributed by atoms with van der Waals surface area (Å²) in [4.78, 5) is 42.5. The molecule has 9 nitrogen and oxygen atoms in total. The van der Waals surface area contributed by atoms with Gasteiger partial charge >= 0.3 is 6.09 Å². The van der Waals surface area contributed by atoms with Crippen LogP contribution in [0.2, 0.25) is 0 Å². The first-order valence-electron chi connectivity index (χ1n) is 10.0. The average Bonchev–Trinajstić information content (AvgIpc) is 2.66. The number of hydrogen-bond donors (Lipinski definition) is 2. The molecule has 2 aliphatic rings. The molecular weight excluding hydrogens is 376 g/mol. The lowest BCUT2D eigenvalue weighted by atomic mass is 9.91. The van der Waals surface area contributed by atoms with Crippen LogP contribution in [0.4, 0.5) is 4.79 Å². The molecule has 0 spiro atoms. The summed E-state index contributed by atoms with van der Waals surface area (Å²) in [6.45, 7) is 6.38. The maximum Gasteiger partial charge on any atom is 0.407 e. The minimum Gasteiger partial charge on any atom is -0.478 e. The molecule has 3 unspecified atom stereocenters. The number of piperidine rings is 1. The number of aromatic nitrogens is 1. The lowest BCUT2D eigenvalue weighted by molar-refractivity contribution is -0.134. The molecule has 0 aliphatic carbocycles. The number of imide groups is 1. The van der Waals surface area contributed by atoms with E-state index < -0.39 is 6.09 Å². The molecule has 0 bridgehead atoms. The van der Waals surface area contributed by atoms with Gasteiger partial charge in [-0.2, -0.15) is 0 Å². The topological polar surface area (TPSA) is 112 Å². The van der Waals surface area contributed by atoms with Gasteiger partial charge in [-0.15, -0.1) is 0 Å². The smallest absolute Gasteiger partial charge is 0.407 e. The molecule has 3 rings (SSSR count). The number of amides is 3. The van der Waals surface area contributed by atoms with E-state index >= 15 is 0 Å². The van der Waals surface area contributed by atoms with Crippen molar-refractivity contribution in [1.29, 1.82) is 0 Å². The Morgan fingerprint density at radius 3 is 2.69 bits per heavy atom. The summed E-state index contributed by atoms with van der Waals surface area (Å²) in [5, 5.41) is 11.6. The third kappa shape index (κ3) is 5.23. The summed E-state index contributed by atoms with van der Waals surface area (Å²) in [6.07, 6.45) is 2.36. The molecular formula is C20H28N4O5. The SMILES string of the molecule is CC1CN(C(=O)O)CC(C)N1CCCOc1cc(C2CCC(=O)NC2=O)ccn1. The van der Waals surface area contributed by atoms with Crippen LogP contribution in [0.5, 0.6) is 5.88 Å². The fourth-order valence-electron chi connectivity index (χ4n) is 4.11. The van der Waals surface area contributed by atoms with Gasteiger partial charge in [0.05, 0.1) is 12.5 Å². The highest BCUT2D eigenvalue weighted by Gasteiger charge is 2.31. The number of hydrogen-bond acceptors (Lipinski definition) is 6. The molecule has 3 atom stereocenters. The number of nitrogens with one attached hydrogen (secondary N) is 1. The monoisotopic (exact) mass is 404 g/mol. The minimum atomic E-state index is -0.867. The van der Waals surface area contributed by atoms with Crippen molar-refractivity contribution >= 4 is 17.9 Å². The highest BCUT2D eigenvalue weighted by Crippen LogP contribution is 2.26. The Balaban J connectivity index is 1.48. The first-order valence-corrected chi connectivity index (χ1v) is 10.0. The average molecular weight is 404 g/mol. The normalized spacial score (nSPS) is 25.6.